The van der Waals surface area contributed by atoms with E-state index in [1.165, 1.54) is 0 Å². The van der Waals surface area contributed by atoms with Gasteiger partial charge in [0.15, 0.2) is 0 Å². The summed E-state index contributed by atoms with van der Waals surface area (Å²) in [7, 11) is 0. The van der Waals surface area contributed by atoms with Crippen LogP contribution in [0.2, 0.25) is 0 Å². The number of aliphatic hydroxyl groups excluding tert-OH is 1. The normalized spacial score (nSPS) is 27.5. The predicted molar refractivity (Wildman–Crippen MR) is 57.5 cm³/mol. The van der Waals surface area contributed by atoms with Crippen molar-refractivity contribution in [3.63, 3.8) is 0 Å². The molecule has 1 aliphatic rings. The molecule has 1 unspecified atom stereocenters. The van der Waals surface area contributed by atoms with Gasteiger partial charge in [0.2, 0.25) is 0 Å². The molecule has 0 bridgehead atoms. The summed E-state index contributed by atoms with van der Waals surface area (Å²) in [6.45, 7) is 6.07. The topological polar surface area (TPSA) is 58.6 Å². The van der Waals surface area contributed by atoms with Gasteiger partial charge in [-0.25, -0.2) is 4.79 Å². The molecular formula is C11H21NO3. The largest absolute Gasteiger partial charge is 0.459 e. The van der Waals surface area contributed by atoms with Gasteiger partial charge in [0.1, 0.15) is 11.1 Å². The number of ether oxygens (including phenoxy) is 1. The van der Waals surface area contributed by atoms with Crippen molar-refractivity contribution in [3.05, 3.63) is 0 Å². The molecule has 1 aliphatic heterocycles. The van der Waals surface area contributed by atoms with Crippen LogP contribution in [0.4, 0.5) is 0 Å². The Bertz CT molecular complexity index is 226. The van der Waals surface area contributed by atoms with Crippen LogP contribution in [0.5, 0.6) is 0 Å². The van der Waals surface area contributed by atoms with Crippen molar-refractivity contribution in [1.82, 2.24) is 5.32 Å². The standard InChI is InChI=1S/C11H21NO3/c1-10(2,3)15-9(14)11(8-13)6-4-5-7-12-11/h12-13H,4-8H2,1-3H3. The fraction of sp³-hybridized carbons (Fsp3) is 0.909. The number of esters is 1. The number of nitrogens with one attached hydrogen (secondary N) is 1. The van der Waals surface area contributed by atoms with Crippen molar-refractivity contribution in [1.29, 1.82) is 0 Å². The van der Waals surface area contributed by atoms with Crippen LogP contribution in [0.3, 0.4) is 0 Å². The molecule has 0 amide bonds. The third kappa shape index (κ3) is 3.18. The SMILES string of the molecule is CC(C)(C)OC(=O)C1(CO)CCCCN1. The molecule has 0 aliphatic carbocycles. The lowest BCUT2D eigenvalue weighted by Gasteiger charge is -2.36. The highest BCUT2D eigenvalue weighted by Crippen LogP contribution is 2.23. The summed E-state index contributed by atoms with van der Waals surface area (Å²) in [6.07, 6.45) is 2.65. The number of hydrogen-bond donors (Lipinski definition) is 2. The molecule has 4 nitrogen and oxygen atoms in total. The molecule has 0 spiro atoms. The number of aliphatic hydroxyl groups is 1. The molecule has 1 heterocycles. The molecule has 0 aromatic heterocycles. The zero-order valence-corrected chi connectivity index (χ0v) is 9.80. The van der Waals surface area contributed by atoms with Gasteiger partial charge in [-0.15, -0.1) is 0 Å². The molecule has 1 fully saturated rings. The minimum absolute atomic E-state index is 0.193. The van der Waals surface area contributed by atoms with Gasteiger partial charge >= 0.3 is 5.97 Å². The maximum absolute atomic E-state index is 11.9. The van der Waals surface area contributed by atoms with E-state index >= 15 is 0 Å². The summed E-state index contributed by atoms with van der Waals surface area (Å²) >= 11 is 0. The Balaban J connectivity index is 2.68. The first kappa shape index (κ1) is 12.5. The molecule has 0 saturated carbocycles. The van der Waals surface area contributed by atoms with Gasteiger partial charge in [-0.2, -0.15) is 0 Å². The zero-order valence-electron chi connectivity index (χ0n) is 9.80. The van der Waals surface area contributed by atoms with Crippen molar-refractivity contribution in [3.8, 4) is 0 Å². The van der Waals surface area contributed by atoms with Gasteiger partial charge in [-0.05, 0) is 46.6 Å². The van der Waals surface area contributed by atoms with E-state index in [4.69, 9.17) is 4.74 Å². The minimum Gasteiger partial charge on any atom is -0.459 e. The van der Waals surface area contributed by atoms with Crippen molar-refractivity contribution < 1.29 is 14.6 Å². The monoisotopic (exact) mass is 215 g/mol. The highest BCUT2D eigenvalue weighted by Gasteiger charge is 2.41. The van der Waals surface area contributed by atoms with Crippen molar-refractivity contribution in [2.45, 2.75) is 51.2 Å². The quantitative estimate of drug-likeness (QED) is 0.670. The third-order valence-corrected chi connectivity index (χ3v) is 2.55. The first-order chi connectivity index (χ1) is 6.90. The Morgan fingerprint density at radius 1 is 1.47 bits per heavy atom. The lowest BCUT2D eigenvalue weighted by molar-refractivity contribution is -0.166. The average Bonchev–Trinajstić information content (AvgIpc) is 2.16. The van der Waals surface area contributed by atoms with Gasteiger partial charge in [0.25, 0.3) is 0 Å². The molecule has 1 rings (SSSR count). The highest BCUT2D eigenvalue weighted by molar-refractivity contribution is 5.81. The zero-order chi connectivity index (χ0) is 11.5. The van der Waals surface area contributed by atoms with Gasteiger partial charge in [-0.1, -0.05) is 0 Å². The summed E-state index contributed by atoms with van der Waals surface area (Å²) in [5, 5.41) is 12.4. The van der Waals surface area contributed by atoms with E-state index in [0.29, 0.717) is 6.42 Å². The second kappa shape index (κ2) is 4.49. The highest BCUT2D eigenvalue weighted by atomic mass is 16.6. The van der Waals surface area contributed by atoms with Gasteiger partial charge in [0, 0.05) is 0 Å². The van der Waals surface area contributed by atoms with E-state index in [9.17, 15) is 9.90 Å². The maximum atomic E-state index is 11.9. The van der Waals surface area contributed by atoms with Crippen LogP contribution in [0.1, 0.15) is 40.0 Å². The summed E-state index contributed by atoms with van der Waals surface area (Å²) in [5.41, 5.74) is -1.37. The summed E-state index contributed by atoms with van der Waals surface area (Å²) in [5.74, 6) is -0.336. The Hall–Kier alpha value is -0.610. The fourth-order valence-corrected chi connectivity index (χ4v) is 1.72. The molecule has 88 valence electrons. The molecule has 4 heteroatoms. The lowest BCUT2D eigenvalue weighted by Crippen LogP contribution is -2.59. The van der Waals surface area contributed by atoms with Crippen LogP contribution in [0.15, 0.2) is 0 Å². The minimum atomic E-state index is -0.870. The first-order valence-corrected chi connectivity index (χ1v) is 5.49. The van der Waals surface area contributed by atoms with Crippen LogP contribution in [0, 0.1) is 0 Å². The van der Waals surface area contributed by atoms with E-state index in [2.05, 4.69) is 5.32 Å². The number of piperidine rings is 1. The predicted octanol–water partition coefficient (Wildman–Crippen LogP) is 0.833. The van der Waals surface area contributed by atoms with E-state index in [-0.39, 0.29) is 12.6 Å². The first-order valence-electron chi connectivity index (χ1n) is 5.49. The third-order valence-electron chi connectivity index (χ3n) is 2.55. The number of rotatable bonds is 2. The summed E-state index contributed by atoms with van der Waals surface area (Å²) < 4.78 is 5.31. The Labute approximate surface area is 91.0 Å². The second-order valence-corrected chi connectivity index (χ2v) is 5.13. The summed E-state index contributed by atoms with van der Waals surface area (Å²) in [6, 6.07) is 0. The van der Waals surface area contributed by atoms with E-state index < -0.39 is 11.1 Å². The molecule has 1 atom stereocenters. The van der Waals surface area contributed by atoms with Crippen LogP contribution < -0.4 is 5.32 Å². The fourth-order valence-electron chi connectivity index (χ4n) is 1.72. The van der Waals surface area contributed by atoms with Crippen LogP contribution in [-0.4, -0.2) is 35.4 Å². The Morgan fingerprint density at radius 3 is 2.53 bits per heavy atom. The van der Waals surface area contributed by atoms with Crippen LogP contribution >= 0.6 is 0 Å². The Kier molecular flexibility index (Phi) is 3.73. The number of hydrogen-bond acceptors (Lipinski definition) is 4. The van der Waals surface area contributed by atoms with Crippen LogP contribution in [-0.2, 0) is 9.53 Å². The molecule has 0 radical (unpaired) electrons. The van der Waals surface area contributed by atoms with Crippen molar-refractivity contribution in [2.24, 2.45) is 0 Å². The van der Waals surface area contributed by atoms with Gasteiger partial charge < -0.3 is 9.84 Å². The Morgan fingerprint density at radius 2 is 2.13 bits per heavy atom. The molecule has 0 aromatic rings. The van der Waals surface area contributed by atoms with Crippen molar-refractivity contribution in [2.75, 3.05) is 13.2 Å². The smallest absolute Gasteiger partial charge is 0.329 e. The van der Waals surface area contributed by atoms with E-state index in [1.807, 2.05) is 20.8 Å². The van der Waals surface area contributed by atoms with Crippen LogP contribution in [0.25, 0.3) is 0 Å². The maximum Gasteiger partial charge on any atom is 0.329 e. The molecular weight excluding hydrogens is 194 g/mol. The number of carbonyl (C=O) groups is 1. The second-order valence-electron chi connectivity index (χ2n) is 5.13. The lowest BCUT2D eigenvalue weighted by atomic mass is 9.89. The average molecular weight is 215 g/mol. The molecule has 0 aromatic carbocycles. The van der Waals surface area contributed by atoms with E-state index in [1.54, 1.807) is 0 Å². The van der Waals surface area contributed by atoms with Gasteiger partial charge in [-0.3, -0.25) is 5.32 Å². The van der Waals surface area contributed by atoms with Gasteiger partial charge in [0.05, 0.1) is 6.61 Å². The molecule has 1 saturated heterocycles. The summed E-state index contributed by atoms with van der Waals surface area (Å²) in [4.78, 5) is 11.9. The van der Waals surface area contributed by atoms with E-state index in [0.717, 1.165) is 19.4 Å². The van der Waals surface area contributed by atoms with Crippen molar-refractivity contribution >= 4 is 5.97 Å². The molecule has 2 N–H and O–H groups in total. The molecule has 15 heavy (non-hydrogen) atoms. The number of carbonyl (C=O) groups excluding carboxylic acids is 1.